The number of rotatable bonds is 7. The molecule has 0 aliphatic carbocycles. The lowest BCUT2D eigenvalue weighted by molar-refractivity contribution is -0.00860. The Hall–Kier alpha value is -3.47. The van der Waals surface area contributed by atoms with Gasteiger partial charge in [-0.1, -0.05) is 13.8 Å². The number of amides is 1. The third kappa shape index (κ3) is 5.35. The zero-order valence-electron chi connectivity index (χ0n) is 20.8. The number of nitrogens with one attached hydrogen (secondary N) is 2. The van der Waals surface area contributed by atoms with Crippen molar-refractivity contribution in [3.8, 4) is 0 Å². The zero-order chi connectivity index (χ0) is 26.0. The van der Waals surface area contributed by atoms with Gasteiger partial charge in [0.2, 0.25) is 5.95 Å². The molecule has 11 heteroatoms. The molecule has 1 amide bonds. The van der Waals surface area contributed by atoms with Crippen molar-refractivity contribution in [3.63, 3.8) is 0 Å². The van der Waals surface area contributed by atoms with E-state index in [-0.39, 0.29) is 24.6 Å². The minimum atomic E-state index is -1.75. The van der Waals surface area contributed by atoms with Crippen molar-refractivity contribution in [2.75, 3.05) is 30.0 Å². The number of carbonyl (C=O) groups is 1. The first-order valence-corrected chi connectivity index (χ1v) is 12.0. The molecule has 3 aromatic rings. The Morgan fingerprint density at radius 2 is 2.00 bits per heavy atom. The van der Waals surface area contributed by atoms with Crippen LogP contribution < -0.4 is 15.5 Å². The third-order valence-electron chi connectivity index (χ3n) is 6.30. The number of piperidine rings is 1. The summed E-state index contributed by atoms with van der Waals surface area (Å²) in [7, 11) is 0. The molecule has 0 unspecified atom stereocenters. The molecule has 1 saturated heterocycles. The Kier molecular flexibility index (Phi) is 7.30. The number of nitrogens with zero attached hydrogens (tertiary/aromatic N) is 5. The van der Waals surface area contributed by atoms with Gasteiger partial charge in [-0.25, -0.2) is 18.7 Å². The maximum absolute atomic E-state index is 14.7. The average Bonchev–Trinajstić information content (AvgIpc) is 2.84. The van der Waals surface area contributed by atoms with Crippen molar-refractivity contribution in [1.82, 2.24) is 25.3 Å². The van der Waals surface area contributed by atoms with Crippen LogP contribution in [0, 0.1) is 0 Å². The van der Waals surface area contributed by atoms with Gasteiger partial charge in [0.05, 0.1) is 18.7 Å². The SMILES string of the molecule is CC(C)c1cnc(C(=O)N[C@H](C)CF)c2cnc(Nc3ccnc(N4CC[C@@H](O)[C@@](C)(F)C4)n3)cc12. The number of hydrogen-bond acceptors (Lipinski definition) is 8. The van der Waals surface area contributed by atoms with Crippen LogP contribution in [0.25, 0.3) is 10.8 Å². The van der Waals surface area contributed by atoms with E-state index in [0.29, 0.717) is 29.5 Å². The summed E-state index contributed by atoms with van der Waals surface area (Å²) in [6.07, 6.45) is 4.06. The van der Waals surface area contributed by atoms with Gasteiger partial charge in [0, 0.05) is 30.5 Å². The normalized spacial score (nSPS) is 21.0. The summed E-state index contributed by atoms with van der Waals surface area (Å²) in [4.78, 5) is 32.0. The number of pyridine rings is 2. The number of hydrogen-bond donors (Lipinski definition) is 3. The molecule has 1 aliphatic rings. The van der Waals surface area contributed by atoms with Gasteiger partial charge < -0.3 is 20.6 Å². The Bertz CT molecular complexity index is 1250. The molecule has 3 N–H and O–H groups in total. The predicted molar refractivity (Wildman–Crippen MR) is 134 cm³/mol. The molecule has 3 atom stereocenters. The molecule has 0 aromatic carbocycles. The fraction of sp³-hybridized carbons (Fsp3) is 0.480. The van der Waals surface area contributed by atoms with E-state index >= 15 is 0 Å². The van der Waals surface area contributed by atoms with Gasteiger partial charge in [-0.2, -0.15) is 4.98 Å². The topological polar surface area (TPSA) is 116 Å². The Balaban J connectivity index is 1.63. The average molecular weight is 500 g/mol. The van der Waals surface area contributed by atoms with E-state index in [4.69, 9.17) is 0 Å². The second-order valence-electron chi connectivity index (χ2n) is 9.73. The summed E-state index contributed by atoms with van der Waals surface area (Å²) in [6.45, 7) is 6.76. The van der Waals surface area contributed by atoms with Crippen molar-refractivity contribution in [2.24, 2.45) is 0 Å². The third-order valence-corrected chi connectivity index (χ3v) is 6.30. The van der Waals surface area contributed by atoms with Crippen molar-refractivity contribution >= 4 is 34.3 Å². The van der Waals surface area contributed by atoms with Crippen LogP contribution >= 0.6 is 0 Å². The van der Waals surface area contributed by atoms with E-state index in [0.717, 1.165) is 10.9 Å². The number of aliphatic hydroxyl groups is 1. The van der Waals surface area contributed by atoms with Crippen LogP contribution in [0.3, 0.4) is 0 Å². The number of carbonyl (C=O) groups excluding carboxylic acids is 1. The van der Waals surface area contributed by atoms with E-state index in [2.05, 4.69) is 30.6 Å². The molecule has 0 spiro atoms. The van der Waals surface area contributed by atoms with Crippen LogP contribution in [-0.4, -0.2) is 68.5 Å². The summed E-state index contributed by atoms with van der Waals surface area (Å²) in [6, 6.07) is 2.87. The number of aliphatic hydroxyl groups excluding tert-OH is 1. The van der Waals surface area contributed by atoms with Crippen molar-refractivity contribution in [2.45, 2.75) is 57.8 Å². The Labute approximate surface area is 208 Å². The minimum Gasteiger partial charge on any atom is -0.390 e. The van der Waals surface area contributed by atoms with E-state index < -0.39 is 30.4 Å². The Morgan fingerprint density at radius 1 is 1.22 bits per heavy atom. The van der Waals surface area contributed by atoms with Crippen molar-refractivity contribution in [3.05, 3.63) is 42.0 Å². The fourth-order valence-corrected chi connectivity index (χ4v) is 4.21. The van der Waals surface area contributed by atoms with Gasteiger partial charge in [0.15, 0.2) is 5.67 Å². The van der Waals surface area contributed by atoms with E-state index in [1.807, 2.05) is 19.9 Å². The smallest absolute Gasteiger partial charge is 0.270 e. The quantitative estimate of drug-likeness (QED) is 0.451. The highest BCUT2D eigenvalue weighted by atomic mass is 19.1. The van der Waals surface area contributed by atoms with Gasteiger partial charge in [-0.3, -0.25) is 9.78 Å². The van der Waals surface area contributed by atoms with Gasteiger partial charge in [0.1, 0.15) is 24.0 Å². The second-order valence-corrected chi connectivity index (χ2v) is 9.73. The highest BCUT2D eigenvalue weighted by molar-refractivity contribution is 6.06. The lowest BCUT2D eigenvalue weighted by Crippen LogP contribution is -2.52. The van der Waals surface area contributed by atoms with Crippen molar-refractivity contribution < 1.29 is 18.7 Å². The first-order valence-electron chi connectivity index (χ1n) is 12.0. The van der Waals surface area contributed by atoms with Crippen LogP contribution in [0.15, 0.2) is 30.7 Å². The van der Waals surface area contributed by atoms with Gasteiger partial charge in [-0.05, 0) is 49.3 Å². The molecule has 1 aliphatic heterocycles. The highest BCUT2D eigenvalue weighted by Gasteiger charge is 2.39. The lowest BCUT2D eigenvalue weighted by atomic mass is 9.94. The second kappa shape index (κ2) is 10.3. The number of halogens is 2. The van der Waals surface area contributed by atoms with Crippen LogP contribution in [0.4, 0.5) is 26.4 Å². The molecular weight excluding hydrogens is 468 g/mol. The fourth-order valence-electron chi connectivity index (χ4n) is 4.21. The van der Waals surface area contributed by atoms with Crippen LogP contribution in [-0.2, 0) is 0 Å². The highest BCUT2D eigenvalue weighted by Crippen LogP contribution is 2.30. The molecule has 1 fully saturated rings. The molecule has 0 radical (unpaired) electrons. The molecule has 3 aromatic heterocycles. The molecule has 0 saturated carbocycles. The summed E-state index contributed by atoms with van der Waals surface area (Å²) in [5.74, 6) is 0.980. The predicted octanol–water partition coefficient (Wildman–Crippen LogP) is 3.67. The molecule has 192 valence electrons. The van der Waals surface area contributed by atoms with Crippen molar-refractivity contribution in [1.29, 1.82) is 0 Å². The standard InChI is InChI=1S/C25H31F2N7O2/c1-14(2)17-11-30-22(23(36)31-15(3)10-26)18-12-29-21(9-16(17)18)32-20-5-7-28-24(33-20)34-8-6-19(35)25(4,27)13-34/h5,7,9,11-12,14-15,19,35H,6,8,10,13H2,1-4H3,(H,31,36)(H,28,29,32,33)/t15-,19-,25+/m1/s1. The number of aromatic nitrogens is 4. The number of fused-ring (bicyclic) bond motifs is 1. The first-order chi connectivity index (χ1) is 17.1. The van der Waals surface area contributed by atoms with E-state index in [1.54, 1.807) is 36.5 Å². The van der Waals surface area contributed by atoms with Gasteiger partial charge >= 0.3 is 0 Å². The molecule has 9 nitrogen and oxygen atoms in total. The van der Waals surface area contributed by atoms with E-state index in [9.17, 15) is 18.7 Å². The monoisotopic (exact) mass is 499 g/mol. The number of anilines is 3. The maximum atomic E-state index is 14.7. The number of alkyl halides is 2. The zero-order valence-corrected chi connectivity index (χ0v) is 20.8. The summed E-state index contributed by atoms with van der Waals surface area (Å²) in [5, 5.41) is 17.0. The van der Waals surface area contributed by atoms with Crippen LogP contribution in [0.1, 0.15) is 56.1 Å². The summed E-state index contributed by atoms with van der Waals surface area (Å²) in [5.41, 5.74) is -0.638. The molecule has 4 heterocycles. The van der Waals surface area contributed by atoms with Gasteiger partial charge in [0.25, 0.3) is 5.91 Å². The molecule has 36 heavy (non-hydrogen) atoms. The minimum absolute atomic E-state index is 0.0115. The Morgan fingerprint density at radius 3 is 2.69 bits per heavy atom. The van der Waals surface area contributed by atoms with Crippen LogP contribution in [0.2, 0.25) is 0 Å². The summed E-state index contributed by atoms with van der Waals surface area (Å²) < 4.78 is 27.6. The molecule has 4 rings (SSSR count). The molecular formula is C25H31F2N7O2. The molecule has 0 bridgehead atoms. The largest absolute Gasteiger partial charge is 0.390 e. The first kappa shape index (κ1) is 25.6. The van der Waals surface area contributed by atoms with E-state index in [1.165, 1.54) is 6.92 Å². The lowest BCUT2D eigenvalue weighted by Gasteiger charge is -2.38. The summed E-state index contributed by atoms with van der Waals surface area (Å²) >= 11 is 0. The van der Waals surface area contributed by atoms with Gasteiger partial charge in [-0.15, -0.1) is 0 Å². The maximum Gasteiger partial charge on any atom is 0.270 e. The van der Waals surface area contributed by atoms with Crippen LogP contribution in [0.5, 0.6) is 0 Å².